The smallest absolute Gasteiger partial charge is 0.145 e. The van der Waals surface area contributed by atoms with Crippen molar-refractivity contribution in [1.82, 2.24) is 0 Å². The summed E-state index contributed by atoms with van der Waals surface area (Å²) >= 11 is 21.9. The standard InChI is InChI=1S/C15H12BrCl3O2/c1-20-12-6-4-9(15(21-2)14(12)19)13(16)8-3-5-10(17)11(18)7-8/h3-7,13H,1-2H3. The topological polar surface area (TPSA) is 18.5 Å². The van der Waals surface area contributed by atoms with Gasteiger partial charge < -0.3 is 9.47 Å². The van der Waals surface area contributed by atoms with Gasteiger partial charge in [0.25, 0.3) is 0 Å². The normalized spacial score (nSPS) is 12.1. The Morgan fingerprint density at radius 2 is 1.67 bits per heavy atom. The highest BCUT2D eigenvalue weighted by Crippen LogP contribution is 2.44. The number of ether oxygens (including phenoxy) is 2. The van der Waals surface area contributed by atoms with E-state index in [2.05, 4.69) is 15.9 Å². The molecule has 0 fully saturated rings. The first-order valence-corrected chi connectivity index (χ1v) is 8.04. The number of hydrogen-bond donors (Lipinski definition) is 0. The molecule has 0 aliphatic heterocycles. The molecule has 21 heavy (non-hydrogen) atoms. The van der Waals surface area contributed by atoms with Crippen molar-refractivity contribution >= 4 is 50.7 Å². The van der Waals surface area contributed by atoms with Crippen molar-refractivity contribution in [2.45, 2.75) is 4.83 Å². The number of methoxy groups -OCH3 is 2. The Hall–Kier alpha value is -0.610. The van der Waals surface area contributed by atoms with E-state index in [4.69, 9.17) is 44.3 Å². The van der Waals surface area contributed by atoms with Gasteiger partial charge in [0, 0.05) is 5.56 Å². The average molecular weight is 411 g/mol. The van der Waals surface area contributed by atoms with Crippen LogP contribution >= 0.6 is 50.7 Å². The molecule has 112 valence electrons. The second kappa shape index (κ2) is 7.10. The first-order chi connectivity index (χ1) is 9.99. The van der Waals surface area contributed by atoms with E-state index in [0.717, 1.165) is 11.1 Å². The Kier molecular flexibility index (Phi) is 5.67. The number of benzene rings is 2. The van der Waals surface area contributed by atoms with Gasteiger partial charge in [-0.3, -0.25) is 0 Å². The molecule has 0 heterocycles. The molecule has 0 saturated heterocycles. The first kappa shape index (κ1) is 16.8. The van der Waals surface area contributed by atoms with Gasteiger partial charge in [-0.1, -0.05) is 62.9 Å². The molecule has 2 rings (SSSR count). The molecule has 2 nitrogen and oxygen atoms in total. The number of rotatable bonds is 4. The molecule has 1 atom stereocenters. The quantitative estimate of drug-likeness (QED) is 0.563. The lowest BCUT2D eigenvalue weighted by Crippen LogP contribution is -1.99. The van der Waals surface area contributed by atoms with Gasteiger partial charge in [0.15, 0.2) is 0 Å². The molecule has 0 aromatic heterocycles. The molecule has 0 spiro atoms. The second-order valence-electron chi connectivity index (χ2n) is 4.24. The Morgan fingerprint density at radius 3 is 2.24 bits per heavy atom. The van der Waals surface area contributed by atoms with E-state index in [-0.39, 0.29) is 4.83 Å². The third-order valence-electron chi connectivity index (χ3n) is 3.03. The van der Waals surface area contributed by atoms with Crippen LogP contribution in [0.25, 0.3) is 0 Å². The van der Waals surface area contributed by atoms with E-state index in [1.54, 1.807) is 32.4 Å². The lowest BCUT2D eigenvalue weighted by Gasteiger charge is -2.18. The van der Waals surface area contributed by atoms with Crippen LogP contribution in [0.4, 0.5) is 0 Å². The van der Waals surface area contributed by atoms with Crippen LogP contribution in [0.2, 0.25) is 15.1 Å². The first-order valence-electron chi connectivity index (χ1n) is 5.99. The zero-order valence-electron chi connectivity index (χ0n) is 11.3. The third-order valence-corrected chi connectivity index (χ3v) is 5.14. The maximum Gasteiger partial charge on any atom is 0.145 e. The number of alkyl halides is 1. The summed E-state index contributed by atoms with van der Waals surface area (Å²) in [5.74, 6) is 1.12. The molecular formula is C15H12BrCl3O2. The van der Waals surface area contributed by atoms with Gasteiger partial charge in [0.1, 0.15) is 16.5 Å². The van der Waals surface area contributed by atoms with Crippen molar-refractivity contribution in [2.24, 2.45) is 0 Å². The highest BCUT2D eigenvalue weighted by molar-refractivity contribution is 9.09. The second-order valence-corrected chi connectivity index (χ2v) is 6.35. The summed E-state index contributed by atoms with van der Waals surface area (Å²) in [6.45, 7) is 0. The Balaban J connectivity index is 2.50. The molecule has 0 bridgehead atoms. The van der Waals surface area contributed by atoms with Crippen molar-refractivity contribution in [3.05, 3.63) is 56.5 Å². The maximum atomic E-state index is 6.28. The highest BCUT2D eigenvalue weighted by atomic mass is 79.9. The molecule has 0 radical (unpaired) electrons. The Bertz CT molecular complexity index is 662. The number of hydrogen-bond acceptors (Lipinski definition) is 2. The molecule has 1 unspecified atom stereocenters. The summed E-state index contributed by atoms with van der Waals surface area (Å²) in [5, 5.41) is 1.44. The minimum atomic E-state index is -0.134. The average Bonchev–Trinajstić information content (AvgIpc) is 2.49. The third kappa shape index (κ3) is 3.42. The van der Waals surface area contributed by atoms with Crippen LogP contribution in [-0.4, -0.2) is 14.2 Å². The van der Waals surface area contributed by atoms with Crippen LogP contribution in [0.3, 0.4) is 0 Å². The fraction of sp³-hybridized carbons (Fsp3) is 0.200. The molecule has 0 aliphatic carbocycles. The van der Waals surface area contributed by atoms with Crippen molar-refractivity contribution < 1.29 is 9.47 Å². The van der Waals surface area contributed by atoms with Gasteiger partial charge in [0.2, 0.25) is 0 Å². The van der Waals surface area contributed by atoms with Crippen LogP contribution in [-0.2, 0) is 0 Å². The zero-order valence-corrected chi connectivity index (χ0v) is 15.1. The fourth-order valence-corrected chi connectivity index (χ4v) is 3.25. The summed E-state index contributed by atoms with van der Waals surface area (Å²) in [6, 6.07) is 9.15. The van der Waals surface area contributed by atoms with Crippen LogP contribution in [0, 0.1) is 0 Å². The lowest BCUT2D eigenvalue weighted by atomic mass is 10.0. The summed E-state index contributed by atoms with van der Waals surface area (Å²) in [7, 11) is 3.13. The SMILES string of the molecule is COc1ccc(C(Br)c2ccc(Cl)c(Cl)c2)c(OC)c1Cl. The molecule has 0 saturated carbocycles. The van der Waals surface area contributed by atoms with E-state index < -0.39 is 0 Å². The van der Waals surface area contributed by atoms with Crippen LogP contribution < -0.4 is 9.47 Å². The van der Waals surface area contributed by atoms with Gasteiger partial charge in [-0.2, -0.15) is 0 Å². The van der Waals surface area contributed by atoms with E-state index in [1.807, 2.05) is 12.1 Å². The molecule has 0 N–H and O–H groups in total. The molecule has 0 amide bonds. The van der Waals surface area contributed by atoms with E-state index in [9.17, 15) is 0 Å². The minimum Gasteiger partial charge on any atom is -0.495 e. The van der Waals surface area contributed by atoms with E-state index in [0.29, 0.717) is 26.6 Å². The van der Waals surface area contributed by atoms with E-state index in [1.165, 1.54) is 0 Å². The maximum absolute atomic E-state index is 6.28. The molecular weight excluding hydrogens is 398 g/mol. The lowest BCUT2D eigenvalue weighted by molar-refractivity contribution is 0.392. The molecule has 2 aromatic rings. The summed E-state index contributed by atoms with van der Waals surface area (Å²) in [4.78, 5) is -0.134. The van der Waals surface area contributed by atoms with Gasteiger partial charge in [-0.05, 0) is 23.8 Å². The summed E-state index contributed by atoms with van der Waals surface area (Å²) < 4.78 is 10.6. The van der Waals surface area contributed by atoms with Crippen molar-refractivity contribution in [1.29, 1.82) is 0 Å². The van der Waals surface area contributed by atoms with Crippen molar-refractivity contribution in [2.75, 3.05) is 14.2 Å². The van der Waals surface area contributed by atoms with Crippen LogP contribution in [0.1, 0.15) is 16.0 Å². The predicted octanol–water partition coefficient (Wildman–Crippen LogP) is 6.15. The molecule has 6 heteroatoms. The summed E-state index contributed by atoms with van der Waals surface area (Å²) in [5.41, 5.74) is 1.82. The fourth-order valence-electron chi connectivity index (χ4n) is 1.97. The van der Waals surface area contributed by atoms with Crippen molar-refractivity contribution in [3.8, 4) is 11.5 Å². The monoisotopic (exact) mass is 408 g/mol. The molecule has 2 aromatic carbocycles. The summed E-state index contributed by atoms with van der Waals surface area (Å²) in [6.07, 6.45) is 0. The predicted molar refractivity (Wildman–Crippen MR) is 91.8 cm³/mol. The Labute approximate surface area is 147 Å². The van der Waals surface area contributed by atoms with Crippen LogP contribution in [0.15, 0.2) is 30.3 Å². The van der Waals surface area contributed by atoms with E-state index >= 15 is 0 Å². The van der Waals surface area contributed by atoms with Gasteiger partial charge in [-0.15, -0.1) is 0 Å². The highest BCUT2D eigenvalue weighted by Gasteiger charge is 2.20. The van der Waals surface area contributed by atoms with Crippen molar-refractivity contribution in [3.63, 3.8) is 0 Å². The molecule has 0 aliphatic rings. The van der Waals surface area contributed by atoms with Gasteiger partial charge in [-0.25, -0.2) is 0 Å². The largest absolute Gasteiger partial charge is 0.495 e. The van der Waals surface area contributed by atoms with Gasteiger partial charge >= 0.3 is 0 Å². The minimum absolute atomic E-state index is 0.134. The zero-order chi connectivity index (χ0) is 15.6. The Morgan fingerprint density at radius 1 is 0.952 bits per heavy atom. The van der Waals surface area contributed by atoms with Crippen LogP contribution in [0.5, 0.6) is 11.5 Å². The number of halogens is 4. The van der Waals surface area contributed by atoms with Gasteiger partial charge in [0.05, 0.1) is 29.1 Å².